The van der Waals surface area contributed by atoms with E-state index >= 15 is 0 Å². The predicted octanol–water partition coefficient (Wildman–Crippen LogP) is 1.58. The molecule has 1 aliphatic heterocycles. The highest BCUT2D eigenvalue weighted by molar-refractivity contribution is 5.76. The number of nitrogens with zero attached hydrogens (tertiary/aromatic N) is 2. The van der Waals surface area contributed by atoms with Gasteiger partial charge in [0.25, 0.3) is 0 Å². The molecule has 0 spiro atoms. The lowest BCUT2D eigenvalue weighted by Crippen LogP contribution is -2.56. The minimum atomic E-state index is 0.316. The Labute approximate surface area is 93.4 Å². The van der Waals surface area contributed by atoms with Gasteiger partial charge in [-0.15, -0.1) is 0 Å². The fraction of sp³-hybridized carbons (Fsp3) is 0.917. The highest BCUT2D eigenvalue weighted by Gasteiger charge is 2.29. The van der Waals surface area contributed by atoms with E-state index in [9.17, 15) is 4.79 Å². The molecule has 1 rings (SSSR count). The molecule has 2 unspecified atom stereocenters. The molecule has 15 heavy (non-hydrogen) atoms. The van der Waals surface area contributed by atoms with Gasteiger partial charge in [0.05, 0.1) is 0 Å². The predicted molar refractivity (Wildman–Crippen MR) is 62.7 cm³/mol. The summed E-state index contributed by atoms with van der Waals surface area (Å²) in [4.78, 5) is 16.3. The van der Waals surface area contributed by atoms with Crippen LogP contribution in [0.15, 0.2) is 0 Å². The van der Waals surface area contributed by atoms with Gasteiger partial charge < -0.3 is 4.90 Å². The van der Waals surface area contributed by atoms with E-state index in [-0.39, 0.29) is 0 Å². The lowest BCUT2D eigenvalue weighted by Gasteiger charge is -2.42. The van der Waals surface area contributed by atoms with Crippen molar-refractivity contribution in [1.82, 2.24) is 9.80 Å². The first-order valence-corrected chi connectivity index (χ1v) is 5.91. The first kappa shape index (κ1) is 12.5. The normalized spacial score (nSPS) is 28.5. The second kappa shape index (κ2) is 4.97. The van der Waals surface area contributed by atoms with E-state index in [1.807, 2.05) is 4.90 Å². The molecule has 1 fully saturated rings. The van der Waals surface area contributed by atoms with Crippen LogP contribution < -0.4 is 0 Å². The molecule has 3 heteroatoms. The number of hydrogen-bond acceptors (Lipinski definition) is 2. The number of rotatable bonds is 2. The number of hydrogen-bond donors (Lipinski definition) is 0. The van der Waals surface area contributed by atoms with Crippen molar-refractivity contribution >= 4 is 5.91 Å². The highest BCUT2D eigenvalue weighted by atomic mass is 16.2. The molecule has 0 saturated carbocycles. The lowest BCUT2D eigenvalue weighted by molar-refractivity contribution is -0.135. The summed E-state index contributed by atoms with van der Waals surface area (Å²) in [5.41, 5.74) is 0. The van der Waals surface area contributed by atoms with Gasteiger partial charge in [-0.25, -0.2) is 0 Å². The highest BCUT2D eigenvalue weighted by Crippen LogP contribution is 2.15. The molecule has 0 N–H and O–H groups in total. The van der Waals surface area contributed by atoms with Crippen LogP contribution in [0.25, 0.3) is 0 Å². The Morgan fingerprint density at radius 3 is 2.13 bits per heavy atom. The summed E-state index contributed by atoms with van der Waals surface area (Å²) in [6.07, 6.45) is 0.684. The van der Waals surface area contributed by atoms with Crippen molar-refractivity contribution < 1.29 is 4.79 Å². The van der Waals surface area contributed by atoms with Crippen LogP contribution in [0.2, 0.25) is 0 Å². The Morgan fingerprint density at radius 2 is 1.73 bits per heavy atom. The molecule has 0 aromatic carbocycles. The van der Waals surface area contributed by atoms with Crippen LogP contribution in [0.5, 0.6) is 0 Å². The van der Waals surface area contributed by atoms with Crippen LogP contribution in [-0.2, 0) is 4.79 Å². The van der Waals surface area contributed by atoms with Crippen molar-refractivity contribution in [2.75, 3.05) is 20.1 Å². The first-order valence-electron chi connectivity index (χ1n) is 5.91. The van der Waals surface area contributed by atoms with E-state index < -0.39 is 0 Å². The molecule has 0 bridgehead atoms. The maximum atomic E-state index is 11.9. The van der Waals surface area contributed by atoms with Crippen LogP contribution in [0.4, 0.5) is 0 Å². The van der Waals surface area contributed by atoms with Gasteiger partial charge in [-0.05, 0) is 26.8 Å². The Bertz CT molecular complexity index is 216. The lowest BCUT2D eigenvalue weighted by atomic mass is 10.1. The van der Waals surface area contributed by atoms with Crippen LogP contribution >= 0.6 is 0 Å². The second-order valence-electron chi connectivity index (χ2n) is 5.26. The van der Waals surface area contributed by atoms with Gasteiger partial charge in [0.2, 0.25) is 5.91 Å². The average Bonchev–Trinajstić information content (AvgIpc) is 2.12. The number of carbonyl (C=O) groups excluding carboxylic acids is 1. The van der Waals surface area contributed by atoms with Crippen molar-refractivity contribution in [1.29, 1.82) is 0 Å². The van der Waals surface area contributed by atoms with Crippen molar-refractivity contribution in [3.8, 4) is 0 Å². The quantitative estimate of drug-likeness (QED) is 0.694. The summed E-state index contributed by atoms with van der Waals surface area (Å²) >= 11 is 0. The van der Waals surface area contributed by atoms with E-state index in [2.05, 4.69) is 39.6 Å². The molecule has 1 heterocycles. The molecule has 3 nitrogen and oxygen atoms in total. The van der Waals surface area contributed by atoms with Crippen LogP contribution in [0.1, 0.15) is 34.1 Å². The maximum Gasteiger partial charge on any atom is 0.222 e. The SMILES string of the molecule is CC(C)CC(=O)N1CC(C)N(C)C(C)C1. The molecular weight excluding hydrogens is 188 g/mol. The monoisotopic (exact) mass is 212 g/mol. The number of likely N-dealkylation sites (N-methyl/N-ethyl adjacent to an activating group) is 1. The second-order valence-corrected chi connectivity index (χ2v) is 5.26. The minimum Gasteiger partial charge on any atom is -0.340 e. The molecule has 2 atom stereocenters. The molecule has 1 saturated heterocycles. The Kier molecular flexibility index (Phi) is 4.14. The van der Waals surface area contributed by atoms with E-state index in [0.717, 1.165) is 13.1 Å². The molecule has 0 aliphatic carbocycles. The van der Waals surface area contributed by atoms with Gasteiger partial charge >= 0.3 is 0 Å². The van der Waals surface area contributed by atoms with Crippen molar-refractivity contribution in [2.45, 2.75) is 46.2 Å². The third-order valence-corrected chi connectivity index (χ3v) is 3.30. The van der Waals surface area contributed by atoms with Crippen molar-refractivity contribution in [3.05, 3.63) is 0 Å². The van der Waals surface area contributed by atoms with Gasteiger partial charge in [0.15, 0.2) is 0 Å². The summed E-state index contributed by atoms with van der Waals surface area (Å²) in [7, 11) is 2.14. The van der Waals surface area contributed by atoms with E-state index in [0.29, 0.717) is 30.3 Å². The zero-order valence-corrected chi connectivity index (χ0v) is 10.7. The largest absolute Gasteiger partial charge is 0.340 e. The third-order valence-electron chi connectivity index (χ3n) is 3.30. The molecule has 1 aliphatic rings. The summed E-state index contributed by atoms with van der Waals surface area (Å²) in [5, 5.41) is 0. The molecule has 0 aromatic heterocycles. The maximum absolute atomic E-state index is 11.9. The Morgan fingerprint density at radius 1 is 1.27 bits per heavy atom. The fourth-order valence-electron chi connectivity index (χ4n) is 2.09. The van der Waals surface area contributed by atoms with Gasteiger partial charge in [0.1, 0.15) is 0 Å². The molecule has 0 radical (unpaired) electrons. The summed E-state index contributed by atoms with van der Waals surface area (Å²) in [6.45, 7) is 10.3. The van der Waals surface area contributed by atoms with Gasteiger partial charge in [-0.2, -0.15) is 0 Å². The standard InChI is InChI=1S/C12H24N2O/c1-9(2)6-12(15)14-7-10(3)13(5)11(4)8-14/h9-11H,6-8H2,1-5H3. The smallest absolute Gasteiger partial charge is 0.222 e. The van der Waals surface area contributed by atoms with E-state index in [1.165, 1.54) is 0 Å². The topological polar surface area (TPSA) is 23.6 Å². The van der Waals surface area contributed by atoms with Crippen molar-refractivity contribution in [2.24, 2.45) is 5.92 Å². The third kappa shape index (κ3) is 3.20. The molecular formula is C12H24N2O. The molecule has 0 aromatic rings. The zero-order chi connectivity index (χ0) is 11.6. The first-order chi connectivity index (χ1) is 6.91. The van der Waals surface area contributed by atoms with Crippen LogP contribution in [0.3, 0.4) is 0 Å². The Hall–Kier alpha value is -0.570. The van der Waals surface area contributed by atoms with Crippen LogP contribution in [0, 0.1) is 5.92 Å². The zero-order valence-electron chi connectivity index (χ0n) is 10.7. The van der Waals surface area contributed by atoms with E-state index in [1.54, 1.807) is 0 Å². The summed E-state index contributed by atoms with van der Waals surface area (Å²) < 4.78 is 0. The number of piperazine rings is 1. The molecule has 88 valence electrons. The number of carbonyl (C=O) groups is 1. The van der Waals surface area contributed by atoms with Gasteiger partial charge in [-0.1, -0.05) is 13.8 Å². The number of amides is 1. The summed E-state index contributed by atoms with van der Waals surface area (Å²) in [5.74, 6) is 0.777. The van der Waals surface area contributed by atoms with Gasteiger partial charge in [0, 0.05) is 31.6 Å². The fourth-order valence-corrected chi connectivity index (χ4v) is 2.09. The Balaban J connectivity index is 2.54. The van der Waals surface area contributed by atoms with Crippen molar-refractivity contribution in [3.63, 3.8) is 0 Å². The molecule has 1 amide bonds. The van der Waals surface area contributed by atoms with Gasteiger partial charge in [-0.3, -0.25) is 9.69 Å². The van der Waals surface area contributed by atoms with E-state index in [4.69, 9.17) is 0 Å². The van der Waals surface area contributed by atoms with Crippen LogP contribution in [-0.4, -0.2) is 47.9 Å². The summed E-state index contributed by atoms with van der Waals surface area (Å²) in [6, 6.07) is 0.953. The minimum absolute atomic E-state index is 0.316. The average molecular weight is 212 g/mol.